The van der Waals surface area contributed by atoms with Crippen LogP contribution in [0.4, 0.5) is 0 Å². The zero-order chi connectivity index (χ0) is 18.6. The van der Waals surface area contributed by atoms with Crippen molar-refractivity contribution in [2.24, 2.45) is 0 Å². The summed E-state index contributed by atoms with van der Waals surface area (Å²) in [6.07, 6.45) is 2.95. The summed E-state index contributed by atoms with van der Waals surface area (Å²) in [4.78, 5) is 12.6. The Morgan fingerprint density at radius 3 is 2.50 bits per heavy atom. The summed E-state index contributed by atoms with van der Waals surface area (Å²) in [5.74, 6) is -0.0754. The fourth-order valence-electron chi connectivity index (χ4n) is 3.38. The lowest BCUT2D eigenvalue weighted by Crippen LogP contribution is -2.31. The SMILES string of the molecule is CNS(=O)(=O)Cc1ccc(CNC(=O)C2CCCc3ccccc32)cc1. The van der Waals surface area contributed by atoms with E-state index in [4.69, 9.17) is 0 Å². The van der Waals surface area contributed by atoms with E-state index in [1.54, 1.807) is 12.1 Å². The van der Waals surface area contributed by atoms with E-state index >= 15 is 0 Å². The molecule has 0 fully saturated rings. The van der Waals surface area contributed by atoms with E-state index in [1.165, 1.54) is 12.6 Å². The van der Waals surface area contributed by atoms with Crippen molar-refractivity contribution in [2.45, 2.75) is 37.5 Å². The largest absolute Gasteiger partial charge is 0.351 e. The second-order valence-corrected chi connectivity index (χ2v) is 8.57. The lowest BCUT2D eigenvalue weighted by molar-refractivity contribution is -0.123. The lowest BCUT2D eigenvalue weighted by Gasteiger charge is -2.24. The molecule has 0 radical (unpaired) electrons. The van der Waals surface area contributed by atoms with Crippen LogP contribution in [-0.4, -0.2) is 21.4 Å². The van der Waals surface area contributed by atoms with Gasteiger partial charge < -0.3 is 5.32 Å². The number of hydrogen-bond donors (Lipinski definition) is 2. The van der Waals surface area contributed by atoms with Crippen molar-refractivity contribution in [2.75, 3.05) is 7.05 Å². The molecule has 26 heavy (non-hydrogen) atoms. The predicted octanol–water partition coefficient (Wildman–Crippen LogP) is 2.47. The molecule has 6 heteroatoms. The molecular formula is C20H24N2O3S. The fourth-order valence-corrected chi connectivity index (χ4v) is 4.16. The summed E-state index contributed by atoms with van der Waals surface area (Å²) in [6, 6.07) is 15.4. The van der Waals surface area contributed by atoms with Gasteiger partial charge in [0.25, 0.3) is 0 Å². The van der Waals surface area contributed by atoms with Gasteiger partial charge in [0.15, 0.2) is 0 Å². The van der Waals surface area contributed by atoms with Gasteiger partial charge in [-0.15, -0.1) is 0 Å². The molecular weight excluding hydrogens is 348 g/mol. The lowest BCUT2D eigenvalue weighted by atomic mass is 9.82. The number of aryl methyl sites for hydroxylation is 1. The quantitative estimate of drug-likeness (QED) is 0.818. The number of amides is 1. The molecule has 1 aliphatic rings. The molecule has 3 rings (SSSR count). The molecule has 0 aliphatic heterocycles. The number of benzene rings is 2. The van der Waals surface area contributed by atoms with Crippen molar-refractivity contribution in [1.82, 2.24) is 10.0 Å². The summed E-state index contributed by atoms with van der Waals surface area (Å²) in [6.45, 7) is 0.441. The summed E-state index contributed by atoms with van der Waals surface area (Å²) in [7, 11) is -1.87. The van der Waals surface area contributed by atoms with Crippen LogP contribution in [0.3, 0.4) is 0 Å². The highest BCUT2D eigenvalue weighted by atomic mass is 32.2. The summed E-state index contributed by atoms with van der Waals surface area (Å²) in [5, 5.41) is 3.02. The molecule has 0 bridgehead atoms. The molecule has 0 heterocycles. The van der Waals surface area contributed by atoms with Gasteiger partial charge in [-0.05, 0) is 48.6 Å². The molecule has 1 aliphatic carbocycles. The third-order valence-electron chi connectivity index (χ3n) is 4.84. The van der Waals surface area contributed by atoms with Crippen molar-refractivity contribution in [3.05, 3.63) is 70.8 Å². The standard InChI is InChI=1S/C20H24N2O3S/c1-21-26(24,25)14-16-11-9-15(10-12-16)13-22-20(23)19-8-4-6-17-5-2-3-7-18(17)19/h2-3,5,7,9-12,19,21H,4,6,8,13-14H2,1H3,(H,22,23). The van der Waals surface area contributed by atoms with Crippen LogP contribution < -0.4 is 10.0 Å². The van der Waals surface area contributed by atoms with Gasteiger partial charge in [-0.1, -0.05) is 48.5 Å². The minimum Gasteiger partial charge on any atom is -0.351 e. The molecule has 138 valence electrons. The topological polar surface area (TPSA) is 75.3 Å². The van der Waals surface area contributed by atoms with Crippen LogP contribution in [0.5, 0.6) is 0 Å². The third kappa shape index (κ3) is 4.51. The van der Waals surface area contributed by atoms with Gasteiger partial charge in [0, 0.05) is 6.54 Å². The van der Waals surface area contributed by atoms with Crippen molar-refractivity contribution in [1.29, 1.82) is 0 Å². The Bertz CT molecular complexity index is 876. The molecule has 0 saturated heterocycles. The van der Waals surface area contributed by atoms with Gasteiger partial charge in [0.05, 0.1) is 11.7 Å². The van der Waals surface area contributed by atoms with E-state index in [9.17, 15) is 13.2 Å². The fraction of sp³-hybridized carbons (Fsp3) is 0.350. The van der Waals surface area contributed by atoms with Gasteiger partial charge in [0.1, 0.15) is 0 Å². The Balaban J connectivity index is 1.60. The summed E-state index contributed by atoms with van der Waals surface area (Å²) in [5.41, 5.74) is 4.08. The van der Waals surface area contributed by atoms with E-state index in [0.717, 1.165) is 36.0 Å². The molecule has 0 saturated carbocycles. The van der Waals surface area contributed by atoms with E-state index in [0.29, 0.717) is 6.54 Å². The van der Waals surface area contributed by atoms with Crippen molar-refractivity contribution in [3.8, 4) is 0 Å². The maximum absolute atomic E-state index is 12.6. The maximum atomic E-state index is 12.6. The van der Waals surface area contributed by atoms with E-state index in [2.05, 4.69) is 22.2 Å². The minimum atomic E-state index is -3.27. The summed E-state index contributed by atoms with van der Waals surface area (Å²) < 4.78 is 25.5. The predicted molar refractivity (Wildman–Crippen MR) is 102 cm³/mol. The van der Waals surface area contributed by atoms with Crippen LogP contribution >= 0.6 is 0 Å². The molecule has 0 spiro atoms. The number of carbonyl (C=O) groups excluding carboxylic acids is 1. The van der Waals surface area contributed by atoms with E-state index < -0.39 is 10.0 Å². The highest BCUT2D eigenvalue weighted by Crippen LogP contribution is 2.31. The zero-order valence-corrected chi connectivity index (χ0v) is 15.7. The Labute approximate surface area is 154 Å². The molecule has 2 aromatic rings. The Morgan fingerprint density at radius 1 is 1.08 bits per heavy atom. The average Bonchev–Trinajstić information content (AvgIpc) is 2.66. The molecule has 0 aromatic heterocycles. The monoisotopic (exact) mass is 372 g/mol. The van der Waals surface area contributed by atoms with Crippen LogP contribution in [-0.2, 0) is 33.5 Å². The molecule has 1 unspecified atom stereocenters. The highest BCUT2D eigenvalue weighted by Gasteiger charge is 2.25. The molecule has 2 aromatic carbocycles. The van der Waals surface area contributed by atoms with Crippen LogP contribution in [0.2, 0.25) is 0 Å². The number of carbonyl (C=O) groups is 1. The van der Waals surface area contributed by atoms with Crippen LogP contribution in [0.15, 0.2) is 48.5 Å². The molecule has 1 amide bonds. The Kier molecular flexibility index (Phi) is 5.74. The van der Waals surface area contributed by atoms with E-state index in [1.807, 2.05) is 24.3 Å². The van der Waals surface area contributed by atoms with Gasteiger partial charge in [-0.25, -0.2) is 13.1 Å². The Hall–Kier alpha value is -2.18. The first-order valence-corrected chi connectivity index (χ1v) is 10.5. The summed E-state index contributed by atoms with van der Waals surface area (Å²) >= 11 is 0. The van der Waals surface area contributed by atoms with E-state index in [-0.39, 0.29) is 17.6 Å². The van der Waals surface area contributed by atoms with Crippen LogP contribution in [0.1, 0.15) is 41.0 Å². The molecule has 2 N–H and O–H groups in total. The first-order chi connectivity index (χ1) is 12.5. The minimum absolute atomic E-state index is 0.0466. The van der Waals surface area contributed by atoms with Crippen LogP contribution in [0.25, 0.3) is 0 Å². The number of sulfonamides is 1. The number of rotatable bonds is 6. The second kappa shape index (κ2) is 8.01. The van der Waals surface area contributed by atoms with Crippen molar-refractivity contribution < 1.29 is 13.2 Å². The maximum Gasteiger partial charge on any atom is 0.227 e. The van der Waals surface area contributed by atoms with Gasteiger partial charge in [0.2, 0.25) is 15.9 Å². The number of fused-ring (bicyclic) bond motifs is 1. The normalized spacial score (nSPS) is 16.7. The van der Waals surface area contributed by atoms with Gasteiger partial charge >= 0.3 is 0 Å². The number of hydrogen-bond acceptors (Lipinski definition) is 3. The van der Waals surface area contributed by atoms with Crippen molar-refractivity contribution >= 4 is 15.9 Å². The highest BCUT2D eigenvalue weighted by molar-refractivity contribution is 7.88. The number of nitrogens with one attached hydrogen (secondary N) is 2. The van der Waals surface area contributed by atoms with Crippen molar-refractivity contribution in [3.63, 3.8) is 0 Å². The smallest absolute Gasteiger partial charge is 0.227 e. The Morgan fingerprint density at radius 2 is 1.77 bits per heavy atom. The first-order valence-electron chi connectivity index (χ1n) is 8.83. The zero-order valence-electron chi connectivity index (χ0n) is 14.9. The van der Waals surface area contributed by atoms with Crippen LogP contribution in [0, 0.1) is 0 Å². The molecule has 1 atom stereocenters. The second-order valence-electron chi connectivity index (χ2n) is 6.64. The first kappa shape index (κ1) is 18.6. The molecule has 5 nitrogen and oxygen atoms in total. The average molecular weight is 372 g/mol. The van der Waals surface area contributed by atoms with Gasteiger partial charge in [-0.3, -0.25) is 4.79 Å². The van der Waals surface area contributed by atoms with Gasteiger partial charge in [-0.2, -0.15) is 0 Å². The third-order valence-corrected chi connectivity index (χ3v) is 6.18.